The van der Waals surface area contributed by atoms with Crippen molar-refractivity contribution in [2.45, 2.75) is 5.00 Å². The third-order valence-corrected chi connectivity index (χ3v) is 2.89. The number of alkyl halides is 1. The zero-order valence-electron chi connectivity index (χ0n) is 7.63. The highest BCUT2D eigenvalue weighted by Crippen LogP contribution is 2.37. The van der Waals surface area contributed by atoms with Gasteiger partial charge in [0.2, 0.25) is 5.00 Å². The van der Waals surface area contributed by atoms with E-state index in [0.717, 1.165) is 5.56 Å². The molecule has 1 aliphatic heterocycles. The number of nitrogens with two attached hydrogens (primary N) is 1. The number of anilines is 1. The number of carbonyl (C=O) groups is 1. The van der Waals surface area contributed by atoms with Gasteiger partial charge in [-0.25, -0.2) is 0 Å². The maximum absolute atomic E-state index is 11.2. The molecule has 2 rings (SSSR count). The molecule has 15 heavy (non-hydrogen) atoms. The molecule has 1 unspecified atom stereocenters. The van der Waals surface area contributed by atoms with Crippen LogP contribution < -0.4 is 11.1 Å². The maximum atomic E-state index is 11.2. The Balaban J connectivity index is 2.54. The minimum Gasteiger partial charge on any atom is -0.366 e. The molecule has 0 aromatic heterocycles. The number of fused-ring (bicyclic) bond motifs is 1. The monoisotopic (exact) mass is 242 g/mol. The van der Waals surface area contributed by atoms with Gasteiger partial charge in [-0.05, 0) is 12.1 Å². The number of carbonyl (C=O) groups excluding carboxylic acids is 1. The van der Waals surface area contributed by atoms with Gasteiger partial charge in [-0.3, -0.25) is 4.79 Å². The van der Waals surface area contributed by atoms with Crippen molar-refractivity contribution in [1.29, 1.82) is 0 Å². The summed E-state index contributed by atoms with van der Waals surface area (Å²) in [6.07, 6.45) is 1.40. The van der Waals surface area contributed by atoms with Crippen LogP contribution in [0.4, 0.5) is 5.69 Å². The largest absolute Gasteiger partial charge is 0.366 e. The zero-order chi connectivity index (χ0) is 11.1. The summed E-state index contributed by atoms with van der Waals surface area (Å²) in [7, 11) is 0. The summed E-state index contributed by atoms with van der Waals surface area (Å²) in [5, 5.41) is 3.25. The smallest absolute Gasteiger partial charge is 0.262 e. The Kier molecular flexibility index (Phi) is 2.37. The molecule has 0 radical (unpaired) electrons. The van der Waals surface area contributed by atoms with Crippen molar-refractivity contribution in [3.05, 3.63) is 35.9 Å². The Morgan fingerprint density at radius 3 is 2.73 bits per heavy atom. The molecule has 0 saturated heterocycles. The predicted molar refractivity (Wildman–Crippen MR) is 61.7 cm³/mol. The molecule has 5 heteroatoms. The molecule has 1 aliphatic rings. The van der Waals surface area contributed by atoms with E-state index in [1.807, 2.05) is 18.2 Å². The topological polar surface area (TPSA) is 55.1 Å². The lowest BCUT2D eigenvalue weighted by Gasteiger charge is -2.28. The average Bonchev–Trinajstić information content (AvgIpc) is 2.17. The van der Waals surface area contributed by atoms with E-state index in [2.05, 4.69) is 5.32 Å². The lowest BCUT2D eigenvalue weighted by Crippen LogP contribution is -2.45. The number of hydrogen-bond acceptors (Lipinski definition) is 2. The normalized spacial score (nSPS) is 23.7. The van der Waals surface area contributed by atoms with Crippen LogP contribution >= 0.6 is 23.2 Å². The van der Waals surface area contributed by atoms with Crippen LogP contribution in [0, 0.1) is 0 Å². The van der Waals surface area contributed by atoms with E-state index in [1.165, 1.54) is 6.08 Å². The molecule has 0 bridgehead atoms. The van der Waals surface area contributed by atoms with Crippen LogP contribution in [0.3, 0.4) is 0 Å². The molecule has 3 nitrogen and oxygen atoms in total. The molecule has 0 fully saturated rings. The van der Waals surface area contributed by atoms with Crippen LogP contribution in [-0.4, -0.2) is 10.9 Å². The van der Waals surface area contributed by atoms with Gasteiger partial charge in [-0.1, -0.05) is 41.4 Å². The fourth-order valence-electron chi connectivity index (χ4n) is 1.42. The molecule has 1 amide bonds. The first-order chi connectivity index (χ1) is 7.03. The molecule has 1 aromatic carbocycles. The molecular formula is C10H8Cl2N2O. The first kappa shape index (κ1) is 10.3. The summed E-state index contributed by atoms with van der Waals surface area (Å²) in [5.41, 5.74) is 6.68. The quantitative estimate of drug-likeness (QED) is 0.586. The lowest BCUT2D eigenvalue weighted by atomic mass is 10.0. The van der Waals surface area contributed by atoms with Gasteiger partial charge in [0, 0.05) is 16.3 Å². The number of benzene rings is 1. The second-order valence-electron chi connectivity index (χ2n) is 3.24. The summed E-state index contributed by atoms with van der Waals surface area (Å²) in [5.74, 6) is -0.684. The minimum absolute atomic E-state index is 0.415. The summed E-state index contributed by atoms with van der Waals surface area (Å²) in [6, 6.07) is 7.28. The van der Waals surface area contributed by atoms with E-state index >= 15 is 0 Å². The van der Waals surface area contributed by atoms with Crippen LogP contribution in [0.5, 0.6) is 0 Å². The zero-order valence-corrected chi connectivity index (χ0v) is 9.14. The molecule has 0 aliphatic carbocycles. The second-order valence-corrected chi connectivity index (χ2v) is 4.24. The number of hydrogen-bond donors (Lipinski definition) is 2. The van der Waals surface area contributed by atoms with Crippen LogP contribution in [0.25, 0.3) is 5.03 Å². The van der Waals surface area contributed by atoms with Crippen molar-refractivity contribution in [2.24, 2.45) is 5.73 Å². The van der Waals surface area contributed by atoms with E-state index in [9.17, 15) is 4.79 Å². The number of para-hydroxylation sites is 1. The Labute approximate surface area is 96.9 Å². The Hall–Kier alpha value is -1.19. The van der Waals surface area contributed by atoms with Gasteiger partial charge in [-0.15, -0.1) is 0 Å². The SMILES string of the molecule is NC(=O)C1(Cl)C=C(Cl)c2ccccc2N1. The molecule has 1 heterocycles. The molecule has 0 saturated carbocycles. The van der Waals surface area contributed by atoms with Crippen LogP contribution in [0.2, 0.25) is 0 Å². The van der Waals surface area contributed by atoms with Gasteiger partial charge in [0.1, 0.15) is 0 Å². The second kappa shape index (κ2) is 3.43. The van der Waals surface area contributed by atoms with Crippen LogP contribution in [0.15, 0.2) is 30.3 Å². The highest BCUT2D eigenvalue weighted by Gasteiger charge is 2.36. The molecule has 1 aromatic rings. The molecule has 78 valence electrons. The fraction of sp³-hybridized carbons (Fsp3) is 0.100. The summed E-state index contributed by atoms with van der Waals surface area (Å²) >= 11 is 12.0. The van der Waals surface area contributed by atoms with Crippen molar-refractivity contribution in [3.63, 3.8) is 0 Å². The highest BCUT2D eigenvalue weighted by molar-refractivity contribution is 6.52. The van der Waals surface area contributed by atoms with Crippen molar-refractivity contribution >= 4 is 39.8 Å². The van der Waals surface area contributed by atoms with E-state index in [1.54, 1.807) is 6.07 Å². The Bertz CT molecular complexity index is 458. The van der Waals surface area contributed by atoms with Gasteiger partial charge in [0.05, 0.1) is 0 Å². The number of amides is 1. The Morgan fingerprint density at radius 1 is 1.40 bits per heavy atom. The van der Waals surface area contributed by atoms with Crippen molar-refractivity contribution in [1.82, 2.24) is 0 Å². The van der Waals surface area contributed by atoms with Gasteiger partial charge >= 0.3 is 0 Å². The van der Waals surface area contributed by atoms with Gasteiger partial charge < -0.3 is 11.1 Å². The molecule has 0 spiro atoms. The molecule has 1 atom stereocenters. The lowest BCUT2D eigenvalue weighted by molar-refractivity contribution is -0.118. The first-order valence-corrected chi connectivity index (χ1v) is 5.03. The van der Waals surface area contributed by atoms with Gasteiger partial charge in [0.25, 0.3) is 5.91 Å². The van der Waals surface area contributed by atoms with E-state index in [0.29, 0.717) is 10.7 Å². The number of rotatable bonds is 1. The van der Waals surface area contributed by atoms with E-state index < -0.39 is 10.9 Å². The molecule has 3 N–H and O–H groups in total. The summed E-state index contributed by atoms with van der Waals surface area (Å²) < 4.78 is 0. The van der Waals surface area contributed by atoms with Crippen molar-refractivity contribution in [3.8, 4) is 0 Å². The highest BCUT2D eigenvalue weighted by atomic mass is 35.5. The van der Waals surface area contributed by atoms with Crippen LogP contribution in [-0.2, 0) is 4.79 Å². The standard InChI is InChI=1S/C10H8Cl2N2O/c11-7-5-10(12,9(13)15)14-8-4-2-1-3-6(7)8/h1-5,14H,(H2,13,15). The maximum Gasteiger partial charge on any atom is 0.262 e. The summed E-state index contributed by atoms with van der Waals surface area (Å²) in [6.45, 7) is 0. The van der Waals surface area contributed by atoms with Crippen molar-refractivity contribution < 1.29 is 4.79 Å². The number of halogens is 2. The first-order valence-electron chi connectivity index (χ1n) is 4.28. The average molecular weight is 243 g/mol. The summed E-state index contributed by atoms with van der Waals surface area (Å²) in [4.78, 5) is 9.72. The predicted octanol–water partition coefficient (Wildman–Crippen LogP) is 2.11. The number of primary amides is 1. The van der Waals surface area contributed by atoms with E-state index in [4.69, 9.17) is 28.9 Å². The molecular weight excluding hydrogens is 235 g/mol. The van der Waals surface area contributed by atoms with E-state index in [-0.39, 0.29) is 0 Å². The van der Waals surface area contributed by atoms with Crippen molar-refractivity contribution in [2.75, 3.05) is 5.32 Å². The fourth-order valence-corrected chi connectivity index (χ4v) is 2.01. The van der Waals surface area contributed by atoms with Gasteiger partial charge in [0.15, 0.2) is 0 Å². The Morgan fingerprint density at radius 2 is 2.07 bits per heavy atom. The van der Waals surface area contributed by atoms with Gasteiger partial charge in [-0.2, -0.15) is 0 Å². The number of nitrogens with one attached hydrogen (secondary N) is 1. The third-order valence-electron chi connectivity index (χ3n) is 2.19. The third kappa shape index (κ3) is 1.68. The minimum atomic E-state index is -1.44. The van der Waals surface area contributed by atoms with Crippen LogP contribution in [0.1, 0.15) is 5.56 Å².